The molecule has 5 rings (SSSR count). The van der Waals surface area contributed by atoms with Gasteiger partial charge in [0.2, 0.25) is 11.8 Å². The molecule has 224 valence electrons. The number of carbonyl (C=O) groups excluding carboxylic acids is 2. The Bertz CT molecular complexity index is 1040. The number of nitrogens with two attached hydrogens (primary N) is 1. The van der Waals surface area contributed by atoms with E-state index >= 15 is 0 Å². The van der Waals surface area contributed by atoms with Gasteiger partial charge in [-0.1, -0.05) is 56.4 Å². The van der Waals surface area contributed by atoms with Gasteiger partial charge in [-0.25, -0.2) is 0 Å². The van der Waals surface area contributed by atoms with Gasteiger partial charge in [-0.05, 0) is 72.0 Å². The quantitative estimate of drug-likeness (QED) is 0.187. The van der Waals surface area contributed by atoms with Crippen molar-refractivity contribution in [3.8, 4) is 11.5 Å². The van der Waals surface area contributed by atoms with Crippen molar-refractivity contribution in [1.29, 1.82) is 0 Å². The van der Waals surface area contributed by atoms with Gasteiger partial charge in [0.15, 0.2) is 11.5 Å². The summed E-state index contributed by atoms with van der Waals surface area (Å²) >= 11 is 2.15. The van der Waals surface area contributed by atoms with Crippen LogP contribution in [0.1, 0.15) is 59.4 Å². The van der Waals surface area contributed by atoms with Crippen molar-refractivity contribution >= 4 is 41.5 Å². The molecule has 4 fully saturated rings. The maximum atomic E-state index is 13.1. The van der Waals surface area contributed by atoms with E-state index in [-0.39, 0.29) is 47.8 Å². The molecule has 3 saturated carbocycles. The average Bonchev–Trinajstić information content (AvgIpc) is 3.29. The summed E-state index contributed by atoms with van der Waals surface area (Å²) in [6.07, 6.45) is 3.04. The topological polar surface area (TPSA) is 121 Å². The van der Waals surface area contributed by atoms with Crippen molar-refractivity contribution in [1.82, 2.24) is 10.6 Å². The molecule has 2 bridgehead atoms. The number of benzene rings is 1. The number of halogens is 1. The Kier molecular flexibility index (Phi) is 11.2. The van der Waals surface area contributed by atoms with Crippen LogP contribution in [0, 0.1) is 23.2 Å². The molecule has 1 saturated heterocycles. The minimum atomic E-state index is -0.898. The number of rotatable bonds is 11. The number of carbonyl (C=O) groups is 2. The summed E-state index contributed by atoms with van der Waals surface area (Å²) in [4.78, 5) is 27.6. The van der Waals surface area contributed by atoms with E-state index in [9.17, 15) is 9.59 Å². The predicted octanol–water partition coefficient (Wildman–Crippen LogP) is 3.54. The van der Waals surface area contributed by atoms with E-state index in [4.69, 9.17) is 24.5 Å². The fraction of sp³-hybridized carbons (Fsp3) is 0.724. The lowest BCUT2D eigenvalue weighted by Gasteiger charge is -2.64. The lowest BCUT2D eigenvalue weighted by molar-refractivity contribution is -0.199. The molecule has 2 amide bonds. The van der Waals surface area contributed by atoms with Gasteiger partial charge in [0.25, 0.3) is 0 Å². The first kappa shape index (κ1) is 32.9. The van der Waals surface area contributed by atoms with Crippen LogP contribution in [0.5, 0.6) is 11.5 Å². The molecule has 0 aromatic heterocycles. The summed E-state index contributed by atoms with van der Waals surface area (Å²) in [5, 5.41) is 5.84. The van der Waals surface area contributed by atoms with E-state index in [1.165, 1.54) is 6.42 Å². The highest BCUT2D eigenvalue weighted by Gasteiger charge is 2.68. The zero-order valence-electron chi connectivity index (χ0n) is 25.2. The summed E-state index contributed by atoms with van der Waals surface area (Å²) in [5.41, 5.74) is 6.85. The van der Waals surface area contributed by atoms with Crippen LogP contribution < -0.4 is 25.8 Å². The van der Waals surface area contributed by atoms with E-state index in [1.54, 1.807) is 32.4 Å². The number of ether oxygens (including phenoxy) is 2. The van der Waals surface area contributed by atoms with Crippen LogP contribution in [0.4, 0.5) is 0 Å². The first-order valence-corrected chi connectivity index (χ1v) is 16.3. The minimum absolute atomic E-state index is 0.0248. The summed E-state index contributed by atoms with van der Waals surface area (Å²) in [6.45, 7) is 11.1. The SMILES string of the molecule is CI.COc1ccc(CC(=O)NC[C@H](N)C(=O)N[C@@H](CC(C)C)B2O[C@@H]3C[C@@H]4C[C@@H](C4(C)C)[C@]3(C)O2)cc1OC. The zero-order valence-corrected chi connectivity index (χ0v) is 27.4. The number of amides is 2. The summed E-state index contributed by atoms with van der Waals surface area (Å²) in [6, 6.07) is 4.41. The lowest BCUT2D eigenvalue weighted by Crippen LogP contribution is -2.65. The average molecular weight is 671 g/mol. The molecule has 1 aromatic carbocycles. The van der Waals surface area contributed by atoms with E-state index < -0.39 is 13.2 Å². The van der Waals surface area contributed by atoms with Crippen molar-refractivity contribution in [2.24, 2.45) is 28.9 Å². The molecule has 1 heterocycles. The van der Waals surface area contributed by atoms with Crippen molar-refractivity contribution in [2.75, 3.05) is 25.7 Å². The van der Waals surface area contributed by atoms with Crippen LogP contribution >= 0.6 is 22.6 Å². The second kappa shape index (κ2) is 13.6. The molecule has 1 aromatic rings. The maximum absolute atomic E-state index is 13.1. The number of alkyl halides is 1. The molecule has 0 radical (unpaired) electrons. The van der Waals surface area contributed by atoms with Crippen LogP contribution in [-0.4, -0.2) is 68.3 Å². The van der Waals surface area contributed by atoms with Gasteiger partial charge in [0.1, 0.15) is 6.04 Å². The number of nitrogens with one attached hydrogen (secondary N) is 2. The summed E-state index contributed by atoms with van der Waals surface area (Å²) in [7, 11) is 2.59. The first-order chi connectivity index (χ1) is 18.9. The fourth-order valence-electron chi connectivity index (χ4n) is 6.66. The van der Waals surface area contributed by atoms with Crippen LogP contribution in [0.2, 0.25) is 0 Å². The second-order valence-corrected chi connectivity index (χ2v) is 12.4. The molecular formula is C29H47BIN3O6. The number of hydrogen-bond acceptors (Lipinski definition) is 7. The van der Waals surface area contributed by atoms with Gasteiger partial charge in [-0.2, -0.15) is 0 Å². The molecule has 11 heteroatoms. The van der Waals surface area contributed by atoms with E-state index in [1.807, 2.05) is 4.93 Å². The minimum Gasteiger partial charge on any atom is -0.493 e. The molecule has 0 spiro atoms. The lowest BCUT2D eigenvalue weighted by atomic mass is 9.43. The largest absolute Gasteiger partial charge is 0.493 e. The Morgan fingerprint density at radius 1 is 1.15 bits per heavy atom. The first-order valence-electron chi connectivity index (χ1n) is 14.1. The third-order valence-electron chi connectivity index (χ3n) is 9.02. The highest BCUT2D eigenvalue weighted by molar-refractivity contribution is 14.1. The van der Waals surface area contributed by atoms with E-state index in [0.29, 0.717) is 35.7 Å². The highest BCUT2D eigenvalue weighted by atomic mass is 127. The van der Waals surface area contributed by atoms with E-state index in [0.717, 1.165) is 12.0 Å². The summed E-state index contributed by atoms with van der Waals surface area (Å²) in [5.74, 6) is 1.68. The Morgan fingerprint density at radius 2 is 1.82 bits per heavy atom. The highest BCUT2D eigenvalue weighted by Crippen LogP contribution is 2.65. The smallest absolute Gasteiger partial charge is 0.481 e. The van der Waals surface area contributed by atoms with Crippen molar-refractivity contribution in [2.45, 2.75) is 84.0 Å². The fourth-order valence-corrected chi connectivity index (χ4v) is 6.66. The Hall–Kier alpha value is -1.57. The van der Waals surface area contributed by atoms with Gasteiger partial charge in [-0.3, -0.25) is 9.59 Å². The maximum Gasteiger partial charge on any atom is 0.481 e. The molecule has 40 heavy (non-hydrogen) atoms. The van der Waals surface area contributed by atoms with Crippen molar-refractivity contribution in [3.05, 3.63) is 23.8 Å². The molecule has 0 unspecified atom stereocenters. The van der Waals surface area contributed by atoms with Gasteiger partial charge in [0, 0.05) is 6.54 Å². The molecule has 9 nitrogen and oxygen atoms in total. The Labute approximate surface area is 253 Å². The second-order valence-electron chi connectivity index (χ2n) is 12.4. The Morgan fingerprint density at radius 3 is 2.42 bits per heavy atom. The van der Waals surface area contributed by atoms with Crippen LogP contribution in [0.15, 0.2) is 18.2 Å². The van der Waals surface area contributed by atoms with Crippen LogP contribution in [0.3, 0.4) is 0 Å². The normalized spacial score (nSPS) is 27.4. The molecular weight excluding hydrogens is 624 g/mol. The van der Waals surface area contributed by atoms with Crippen LogP contribution in [-0.2, 0) is 25.3 Å². The van der Waals surface area contributed by atoms with E-state index in [2.05, 4.69) is 67.8 Å². The zero-order chi connectivity index (χ0) is 29.8. The molecule has 4 aliphatic rings. The van der Waals surface area contributed by atoms with Gasteiger partial charge in [0.05, 0.1) is 38.3 Å². The van der Waals surface area contributed by atoms with Gasteiger partial charge < -0.3 is 35.1 Å². The predicted molar refractivity (Wildman–Crippen MR) is 166 cm³/mol. The Balaban J connectivity index is 0.00000216. The standard InChI is InChI=1S/C28H44BN3O6.CH3I/c1-16(2)10-24(29-37-23-14-18-13-22(27(18,3)4)28(23,5)38-29)32-26(34)19(30)15-31-25(33)12-17-8-9-20(35-6)21(11-17)36-7;1-2/h8-9,11,16,18-19,22-24H,10,12-15,30H2,1-7H3,(H,31,33)(H,32,34);1H3/t18-,19-,22-,23+,24-,28-;/m0./s1. The number of hydrogen-bond donors (Lipinski definition) is 3. The molecule has 3 aliphatic carbocycles. The monoisotopic (exact) mass is 671 g/mol. The van der Waals surface area contributed by atoms with Crippen LogP contribution in [0.25, 0.3) is 0 Å². The van der Waals surface area contributed by atoms with Gasteiger partial charge >= 0.3 is 7.12 Å². The molecule has 6 atom stereocenters. The third-order valence-corrected chi connectivity index (χ3v) is 9.02. The third kappa shape index (κ3) is 6.90. The molecule has 4 N–H and O–H groups in total. The van der Waals surface area contributed by atoms with Crippen molar-refractivity contribution < 1.29 is 28.4 Å². The van der Waals surface area contributed by atoms with Crippen molar-refractivity contribution in [3.63, 3.8) is 0 Å². The molecule has 1 aliphatic heterocycles. The number of methoxy groups -OCH3 is 2. The summed E-state index contributed by atoms with van der Waals surface area (Å²) < 4.78 is 23.6. The van der Waals surface area contributed by atoms with Gasteiger partial charge in [-0.15, -0.1) is 0 Å².